The Hall–Kier alpha value is -0.980. The molecule has 18 heavy (non-hydrogen) atoms. The molecule has 1 aromatic rings. The van der Waals surface area contributed by atoms with E-state index in [-0.39, 0.29) is 12.2 Å². The summed E-state index contributed by atoms with van der Waals surface area (Å²) in [5.74, 6) is 1.23. The van der Waals surface area contributed by atoms with Crippen LogP contribution in [-0.2, 0) is 0 Å². The number of nitrogens with one attached hydrogen (secondary N) is 1. The standard InChI is InChI=1S/C11H15ClN2O3S/c12-9-6-8(11(16)17)7-14-10(9)13-2-5-18-4-1-3-15/h6-7,15H,1-5H2,(H,13,14)(H,16,17). The molecule has 7 heteroatoms. The number of aliphatic hydroxyl groups is 1. The van der Waals surface area contributed by atoms with E-state index in [0.717, 1.165) is 17.9 Å². The van der Waals surface area contributed by atoms with Crippen molar-refractivity contribution < 1.29 is 15.0 Å². The Morgan fingerprint density at radius 3 is 2.89 bits per heavy atom. The average molecular weight is 291 g/mol. The number of anilines is 1. The van der Waals surface area contributed by atoms with Crippen LogP contribution in [0.5, 0.6) is 0 Å². The van der Waals surface area contributed by atoms with Gasteiger partial charge in [-0.3, -0.25) is 0 Å². The average Bonchev–Trinajstić information content (AvgIpc) is 2.35. The molecular formula is C11H15ClN2O3S. The third kappa shape index (κ3) is 5.12. The van der Waals surface area contributed by atoms with Crippen molar-refractivity contribution in [3.63, 3.8) is 0 Å². The van der Waals surface area contributed by atoms with Gasteiger partial charge >= 0.3 is 5.97 Å². The first kappa shape index (κ1) is 15.1. The predicted octanol–water partition coefficient (Wildman–Crippen LogP) is 1.96. The van der Waals surface area contributed by atoms with Crippen molar-refractivity contribution >= 4 is 35.1 Å². The monoisotopic (exact) mass is 290 g/mol. The van der Waals surface area contributed by atoms with E-state index < -0.39 is 5.97 Å². The van der Waals surface area contributed by atoms with Crippen molar-refractivity contribution in [3.8, 4) is 0 Å². The fourth-order valence-corrected chi connectivity index (χ4v) is 2.21. The molecule has 0 aromatic carbocycles. The molecule has 0 aliphatic rings. The lowest BCUT2D eigenvalue weighted by Crippen LogP contribution is -2.08. The molecule has 0 aliphatic heterocycles. The first-order valence-electron chi connectivity index (χ1n) is 5.46. The fraction of sp³-hybridized carbons (Fsp3) is 0.455. The second kappa shape index (κ2) is 8.18. The molecule has 0 fully saturated rings. The number of hydrogen-bond acceptors (Lipinski definition) is 5. The van der Waals surface area contributed by atoms with Crippen LogP contribution in [0.4, 0.5) is 5.82 Å². The first-order chi connectivity index (χ1) is 8.65. The summed E-state index contributed by atoms with van der Waals surface area (Å²) in [6.45, 7) is 0.902. The van der Waals surface area contributed by atoms with Crippen LogP contribution in [-0.4, -0.2) is 45.8 Å². The molecule has 0 bridgehead atoms. The number of aromatic carboxylic acids is 1. The van der Waals surface area contributed by atoms with Crippen LogP contribution >= 0.6 is 23.4 Å². The Labute approximate surface area is 115 Å². The molecular weight excluding hydrogens is 276 g/mol. The highest BCUT2D eigenvalue weighted by Gasteiger charge is 2.07. The smallest absolute Gasteiger partial charge is 0.337 e. The highest BCUT2D eigenvalue weighted by Crippen LogP contribution is 2.20. The van der Waals surface area contributed by atoms with Gasteiger partial charge in [-0.15, -0.1) is 0 Å². The van der Waals surface area contributed by atoms with Gasteiger partial charge in [-0.25, -0.2) is 9.78 Å². The Kier molecular flexibility index (Phi) is 6.85. The van der Waals surface area contributed by atoms with Crippen LogP contribution < -0.4 is 5.32 Å². The number of carbonyl (C=O) groups is 1. The molecule has 0 amide bonds. The van der Waals surface area contributed by atoms with E-state index in [4.69, 9.17) is 21.8 Å². The topological polar surface area (TPSA) is 82.5 Å². The minimum Gasteiger partial charge on any atom is -0.478 e. The molecule has 1 aromatic heterocycles. The van der Waals surface area contributed by atoms with Crippen molar-refractivity contribution in [2.45, 2.75) is 6.42 Å². The number of aliphatic hydroxyl groups excluding tert-OH is 1. The first-order valence-corrected chi connectivity index (χ1v) is 6.99. The molecule has 1 heterocycles. The molecule has 0 unspecified atom stereocenters. The van der Waals surface area contributed by atoms with Gasteiger partial charge < -0.3 is 15.5 Å². The zero-order valence-electron chi connectivity index (χ0n) is 9.73. The summed E-state index contributed by atoms with van der Waals surface area (Å²) >= 11 is 7.63. The summed E-state index contributed by atoms with van der Waals surface area (Å²) < 4.78 is 0. The number of pyridine rings is 1. The summed E-state index contributed by atoms with van der Waals surface area (Å²) in [6.07, 6.45) is 2.06. The summed E-state index contributed by atoms with van der Waals surface area (Å²) in [5, 5.41) is 20.7. The molecule has 100 valence electrons. The van der Waals surface area contributed by atoms with Crippen LogP contribution in [0.3, 0.4) is 0 Å². The number of nitrogens with zero attached hydrogens (tertiary/aromatic N) is 1. The molecule has 1 rings (SSSR count). The maximum Gasteiger partial charge on any atom is 0.337 e. The van der Waals surface area contributed by atoms with Crippen molar-refractivity contribution in [1.29, 1.82) is 0 Å². The minimum absolute atomic E-state index is 0.0721. The van der Waals surface area contributed by atoms with Crippen molar-refractivity contribution in [2.24, 2.45) is 0 Å². The van der Waals surface area contributed by atoms with Crippen LogP contribution in [0.2, 0.25) is 5.02 Å². The Bertz CT molecular complexity index is 404. The molecule has 0 aliphatic carbocycles. The maximum atomic E-state index is 10.7. The lowest BCUT2D eigenvalue weighted by atomic mass is 10.3. The van der Waals surface area contributed by atoms with E-state index in [1.807, 2.05) is 0 Å². The van der Waals surface area contributed by atoms with Gasteiger partial charge in [-0.1, -0.05) is 11.6 Å². The molecule has 5 nitrogen and oxygen atoms in total. The van der Waals surface area contributed by atoms with Gasteiger partial charge in [0.1, 0.15) is 5.82 Å². The zero-order valence-corrected chi connectivity index (χ0v) is 11.3. The van der Waals surface area contributed by atoms with Gasteiger partial charge in [-0.2, -0.15) is 11.8 Å². The minimum atomic E-state index is -1.05. The van der Waals surface area contributed by atoms with Crippen LogP contribution in [0.25, 0.3) is 0 Å². The number of rotatable bonds is 8. The number of aromatic nitrogens is 1. The summed E-state index contributed by atoms with van der Waals surface area (Å²) in [4.78, 5) is 14.6. The second-order valence-electron chi connectivity index (χ2n) is 3.48. The van der Waals surface area contributed by atoms with Gasteiger partial charge in [0.05, 0.1) is 10.6 Å². The van der Waals surface area contributed by atoms with Crippen molar-refractivity contribution in [3.05, 3.63) is 22.8 Å². The number of hydrogen-bond donors (Lipinski definition) is 3. The molecule has 0 radical (unpaired) electrons. The van der Waals surface area contributed by atoms with Crippen molar-refractivity contribution in [2.75, 3.05) is 30.0 Å². The quantitative estimate of drug-likeness (QED) is 0.635. The van der Waals surface area contributed by atoms with Crippen LogP contribution in [0.1, 0.15) is 16.8 Å². The third-order valence-corrected chi connectivity index (χ3v) is 3.43. The normalized spacial score (nSPS) is 10.3. The number of carboxylic acid groups (broad SMARTS) is 1. The van der Waals surface area contributed by atoms with E-state index >= 15 is 0 Å². The van der Waals surface area contributed by atoms with Crippen LogP contribution in [0, 0.1) is 0 Å². The molecule has 0 atom stereocenters. The number of thioether (sulfide) groups is 1. The molecule has 0 saturated heterocycles. The Balaban J connectivity index is 2.36. The molecule has 0 saturated carbocycles. The Morgan fingerprint density at radius 2 is 2.28 bits per heavy atom. The lowest BCUT2D eigenvalue weighted by molar-refractivity contribution is 0.0696. The summed E-state index contributed by atoms with van der Waals surface area (Å²) in [7, 11) is 0. The number of carboxylic acids is 1. The highest BCUT2D eigenvalue weighted by atomic mass is 35.5. The van der Waals surface area contributed by atoms with Crippen LogP contribution in [0.15, 0.2) is 12.3 Å². The fourth-order valence-electron chi connectivity index (χ4n) is 1.20. The van der Waals surface area contributed by atoms with Gasteiger partial charge in [0.25, 0.3) is 0 Å². The number of halogens is 1. The predicted molar refractivity (Wildman–Crippen MR) is 73.7 cm³/mol. The molecule has 3 N–H and O–H groups in total. The van der Waals surface area contributed by atoms with Gasteiger partial charge in [0, 0.05) is 25.1 Å². The van der Waals surface area contributed by atoms with E-state index in [1.54, 1.807) is 11.8 Å². The van der Waals surface area contributed by atoms with E-state index in [1.165, 1.54) is 12.3 Å². The molecule has 0 spiro atoms. The lowest BCUT2D eigenvalue weighted by Gasteiger charge is -2.07. The third-order valence-electron chi connectivity index (χ3n) is 2.07. The van der Waals surface area contributed by atoms with Gasteiger partial charge in [0.15, 0.2) is 0 Å². The largest absolute Gasteiger partial charge is 0.478 e. The highest BCUT2D eigenvalue weighted by molar-refractivity contribution is 7.99. The summed E-state index contributed by atoms with van der Waals surface area (Å²) in [6, 6.07) is 1.37. The van der Waals surface area contributed by atoms with E-state index in [9.17, 15) is 4.79 Å². The van der Waals surface area contributed by atoms with E-state index in [0.29, 0.717) is 17.4 Å². The maximum absolute atomic E-state index is 10.7. The zero-order chi connectivity index (χ0) is 13.4. The van der Waals surface area contributed by atoms with Gasteiger partial charge in [-0.05, 0) is 18.2 Å². The SMILES string of the molecule is O=C(O)c1cnc(NCCSCCCO)c(Cl)c1. The van der Waals surface area contributed by atoms with E-state index in [2.05, 4.69) is 10.3 Å². The van der Waals surface area contributed by atoms with Gasteiger partial charge in [0.2, 0.25) is 0 Å². The second-order valence-corrected chi connectivity index (χ2v) is 5.11. The summed E-state index contributed by atoms with van der Waals surface area (Å²) in [5.41, 5.74) is 0.0721. The Morgan fingerprint density at radius 1 is 1.50 bits per heavy atom. The van der Waals surface area contributed by atoms with Crippen molar-refractivity contribution in [1.82, 2.24) is 4.98 Å².